The predicted octanol–water partition coefficient (Wildman–Crippen LogP) is 2.86. The Morgan fingerprint density at radius 2 is 2.17 bits per heavy atom. The molecule has 1 unspecified atom stereocenters. The van der Waals surface area contributed by atoms with Gasteiger partial charge in [0.15, 0.2) is 11.6 Å². The van der Waals surface area contributed by atoms with Gasteiger partial charge in [0, 0.05) is 25.2 Å². The highest BCUT2D eigenvalue weighted by atomic mass is 19.3. The zero-order valence-corrected chi connectivity index (χ0v) is 10.00. The lowest BCUT2D eigenvalue weighted by Crippen LogP contribution is -2.20. The van der Waals surface area contributed by atoms with E-state index >= 15 is 0 Å². The first-order valence-corrected chi connectivity index (χ1v) is 5.76. The molecule has 3 nitrogen and oxygen atoms in total. The van der Waals surface area contributed by atoms with E-state index in [4.69, 9.17) is 5.73 Å². The minimum absolute atomic E-state index is 0.239. The molecular weight excluding hydrogens is 245 g/mol. The zero-order valence-electron chi connectivity index (χ0n) is 10.00. The summed E-state index contributed by atoms with van der Waals surface area (Å²) in [4.78, 5) is 1.96. The third kappa shape index (κ3) is 2.63. The van der Waals surface area contributed by atoms with Crippen LogP contribution in [-0.4, -0.2) is 19.7 Å². The van der Waals surface area contributed by atoms with Crippen LogP contribution in [0.15, 0.2) is 12.1 Å². The lowest BCUT2D eigenvalue weighted by Gasteiger charge is -2.21. The first kappa shape index (κ1) is 12.9. The number of hydrogen-bond donors (Lipinski definition) is 1. The summed E-state index contributed by atoms with van der Waals surface area (Å²) >= 11 is 0. The molecule has 1 aromatic rings. The van der Waals surface area contributed by atoms with Crippen molar-refractivity contribution in [2.45, 2.75) is 20.0 Å². The number of hydrogen-bond acceptors (Lipinski definition) is 3. The Balaban J connectivity index is 2.29. The van der Waals surface area contributed by atoms with E-state index in [2.05, 4.69) is 11.7 Å². The number of nitrogen functional groups attached to an aromatic ring is 1. The summed E-state index contributed by atoms with van der Waals surface area (Å²) < 4.78 is 41.8. The van der Waals surface area contributed by atoms with E-state index < -0.39 is 18.2 Å². The fourth-order valence-electron chi connectivity index (χ4n) is 2.17. The summed E-state index contributed by atoms with van der Waals surface area (Å²) in [6.45, 7) is 0.610. The van der Waals surface area contributed by atoms with Crippen molar-refractivity contribution in [3.05, 3.63) is 17.9 Å². The van der Waals surface area contributed by atoms with E-state index in [1.807, 2.05) is 4.90 Å². The number of anilines is 2. The smallest absolute Gasteiger partial charge is 0.387 e. The van der Waals surface area contributed by atoms with Crippen LogP contribution in [-0.2, 0) is 0 Å². The SMILES string of the molecule is CC1CCN(c2cc(OC(F)F)c(F)cc2N)C1. The van der Waals surface area contributed by atoms with Crippen molar-refractivity contribution < 1.29 is 17.9 Å². The molecule has 1 fully saturated rings. The van der Waals surface area contributed by atoms with Crippen molar-refractivity contribution in [2.24, 2.45) is 5.92 Å². The van der Waals surface area contributed by atoms with Gasteiger partial charge < -0.3 is 15.4 Å². The summed E-state index contributed by atoms with van der Waals surface area (Å²) in [5, 5.41) is 0. The standard InChI is InChI=1S/C12H15F3N2O/c1-7-2-3-17(6-7)10-5-11(18-12(14)15)8(13)4-9(10)16/h4-5,7,12H,2-3,6,16H2,1H3. The molecule has 2 rings (SSSR count). The molecule has 0 radical (unpaired) electrons. The van der Waals surface area contributed by atoms with E-state index in [0.29, 0.717) is 11.6 Å². The number of nitrogens with zero attached hydrogens (tertiary/aromatic N) is 1. The van der Waals surface area contributed by atoms with Gasteiger partial charge in [0.1, 0.15) is 0 Å². The van der Waals surface area contributed by atoms with E-state index in [1.54, 1.807) is 0 Å². The van der Waals surface area contributed by atoms with E-state index in [9.17, 15) is 13.2 Å². The van der Waals surface area contributed by atoms with Crippen LogP contribution in [0.5, 0.6) is 5.75 Å². The molecule has 1 saturated heterocycles. The molecule has 1 aliphatic heterocycles. The van der Waals surface area contributed by atoms with Gasteiger partial charge in [0.25, 0.3) is 0 Å². The molecule has 0 saturated carbocycles. The van der Waals surface area contributed by atoms with Crippen molar-refractivity contribution in [3.63, 3.8) is 0 Å². The first-order chi connectivity index (χ1) is 8.47. The summed E-state index contributed by atoms with van der Waals surface area (Å²) in [5.41, 5.74) is 6.51. The number of nitrogens with two attached hydrogens (primary N) is 1. The van der Waals surface area contributed by atoms with Gasteiger partial charge >= 0.3 is 6.61 Å². The minimum atomic E-state index is -3.05. The zero-order chi connectivity index (χ0) is 13.3. The normalized spacial score (nSPS) is 19.6. The molecular formula is C12H15F3N2O. The van der Waals surface area contributed by atoms with E-state index in [-0.39, 0.29) is 5.69 Å². The molecule has 100 valence electrons. The first-order valence-electron chi connectivity index (χ1n) is 5.76. The second kappa shape index (κ2) is 4.96. The second-order valence-electron chi connectivity index (χ2n) is 4.56. The monoisotopic (exact) mass is 260 g/mol. The van der Waals surface area contributed by atoms with E-state index in [0.717, 1.165) is 25.6 Å². The largest absolute Gasteiger partial charge is 0.432 e. The van der Waals surface area contributed by atoms with Crippen LogP contribution < -0.4 is 15.4 Å². The van der Waals surface area contributed by atoms with Gasteiger partial charge in [-0.2, -0.15) is 8.78 Å². The summed E-state index contributed by atoms with van der Waals surface area (Å²) in [7, 11) is 0. The van der Waals surface area contributed by atoms with Crippen LogP contribution in [0.3, 0.4) is 0 Å². The molecule has 0 amide bonds. The van der Waals surface area contributed by atoms with Gasteiger partial charge in [0.2, 0.25) is 0 Å². The molecule has 1 heterocycles. The molecule has 6 heteroatoms. The molecule has 0 bridgehead atoms. The van der Waals surface area contributed by atoms with Gasteiger partial charge in [-0.1, -0.05) is 6.92 Å². The molecule has 1 aliphatic rings. The van der Waals surface area contributed by atoms with Gasteiger partial charge in [-0.25, -0.2) is 4.39 Å². The maximum atomic E-state index is 13.4. The fourth-order valence-corrected chi connectivity index (χ4v) is 2.17. The number of rotatable bonds is 3. The molecule has 1 atom stereocenters. The van der Waals surface area contributed by atoms with Gasteiger partial charge in [-0.05, 0) is 12.3 Å². The van der Waals surface area contributed by atoms with Crippen molar-refractivity contribution >= 4 is 11.4 Å². The van der Waals surface area contributed by atoms with Crippen molar-refractivity contribution in [1.82, 2.24) is 0 Å². The molecule has 2 N–H and O–H groups in total. The molecule has 0 aromatic heterocycles. The number of benzene rings is 1. The van der Waals surface area contributed by atoms with E-state index in [1.165, 1.54) is 6.07 Å². The Morgan fingerprint density at radius 3 is 2.72 bits per heavy atom. The number of ether oxygens (including phenoxy) is 1. The molecule has 1 aromatic carbocycles. The fraction of sp³-hybridized carbons (Fsp3) is 0.500. The average Bonchev–Trinajstić information content (AvgIpc) is 2.68. The van der Waals surface area contributed by atoms with Crippen LogP contribution in [0, 0.1) is 11.7 Å². The van der Waals surface area contributed by atoms with Crippen LogP contribution in [0.2, 0.25) is 0 Å². The van der Waals surface area contributed by atoms with Crippen molar-refractivity contribution in [3.8, 4) is 5.75 Å². The highest BCUT2D eigenvalue weighted by molar-refractivity contribution is 5.70. The lowest BCUT2D eigenvalue weighted by molar-refractivity contribution is -0.0521. The maximum Gasteiger partial charge on any atom is 0.387 e. The Labute approximate surface area is 103 Å². The quantitative estimate of drug-likeness (QED) is 0.849. The Bertz CT molecular complexity index is 440. The topological polar surface area (TPSA) is 38.5 Å². The van der Waals surface area contributed by atoms with Crippen LogP contribution >= 0.6 is 0 Å². The summed E-state index contributed by atoms with van der Waals surface area (Å²) in [6, 6.07) is 2.27. The highest BCUT2D eigenvalue weighted by Crippen LogP contribution is 2.34. The highest BCUT2D eigenvalue weighted by Gasteiger charge is 2.22. The third-order valence-corrected chi connectivity index (χ3v) is 3.06. The second-order valence-corrected chi connectivity index (χ2v) is 4.56. The number of alkyl halides is 2. The minimum Gasteiger partial charge on any atom is -0.432 e. The maximum absolute atomic E-state index is 13.4. The Morgan fingerprint density at radius 1 is 1.44 bits per heavy atom. The van der Waals surface area contributed by atoms with Crippen molar-refractivity contribution in [1.29, 1.82) is 0 Å². The third-order valence-electron chi connectivity index (χ3n) is 3.06. The van der Waals surface area contributed by atoms with Crippen molar-refractivity contribution in [2.75, 3.05) is 23.7 Å². The Kier molecular flexibility index (Phi) is 3.54. The predicted molar refractivity (Wildman–Crippen MR) is 63.4 cm³/mol. The molecule has 0 aliphatic carbocycles. The van der Waals surface area contributed by atoms with Gasteiger partial charge in [-0.3, -0.25) is 0 Å². The molecule has 0 spiro atoms. The van der Waals surface area contributed by atoms with Crippen LogP contribution in [0.25, 0.3) is 0 Å². The Hall–Kier alpha value is -1.59. The number of halogens is 3. The average molecular weight is 260 g/mol. The summed E-state index contributed by atoms with van der Waals surface area (Å²) in [6.07, 6.45) is 1.00. The van der Waals surface area contributed by atoms with Crippen LogP contribution in [0.1, 0.15) is 13.3 Å². The molecule has 18 heavy (non-hydrogen) atoms. The summed E-state index contributed by atoms with van der Waals surface area (Å²) in [5.74, 6) is -0.827. The van der Waals surface area contributed by atoms with Gasteiger partial charge in [-0.15, -0.1) is 0 Å². The lowest BCUT2D eigenvalue weighted by atomic mass is 10.2. The van der Waals surface area contributed by atoms with Gasteiger partial charge in [0.05, 0.1) is 11.4 Å². The van der Waals surface area contributed by atoms with Crippen LogP contribution in [0.4, 0.5) is 24.5 Å².